The smallest absolute Gasteiger partial charge is 0.366 e. The molecule has 0 bridgehead atoms. The number of hydrogen-bond donors (Lipinski definition) is 1. The third-order valence-corrected chi connectivity index (χ3v) is 4.36. The van der Waals surface area contributed by atoms with E-state index >= 15 is 0 Å². The third-order valence-electron chi connectivity index (χ3n) is 3.56. The summed E-state index contributed by atoms with van der Waals surface area (Å²) in [5, 5.41) is 0. The molecule has 110 valence electrons. The molecule has 4 nitrogen and oxygen atoms in total. The summed E-state index contributed by atoms with van der Waals surface area (Å²) in [7, 11) is -5.87. The number of nitrogens with zero attached hydrogens (tertiary/aromatic N) is 2. The zero-order valence-electron chi connectivity index (χ0n) is 11.3. The number of allylic oxidation sites excluding steroid dienone is 1. The van der Waals surface area contributed by atoms with Gasteiger partial charge in [-0.1, -0.05) is 5.57 Å². The Bertz CT molecular complexity index is 820. The van der Waals surface area contributed by atoms with E-state index in [4.69, 9.17) is 5.73 Å². The minimum Gasteiger partial charge on any atom is -0.366 e. The average Bonchev–Trinajstić information content (AvgIpc) is 2.85. The SMILES string of the molecule is CC1=C(C(N)=O)c2c([P+](F)(F)F)nc3cc(C)cn3c2C1. The highest BCUT2D eigenvalue weighted by Gasteiger charge is 2.54. The molecule has 0 spiro atoms. The van der Waals surface area contributed by atoms with E-state index in [-0.39, 0.29) is 23.2 Å². The van der Waals surface area contributed by atoms with Gasteiger partial charge in [-0.2, -0.15) is 4.98 Å². The van der Waals surface area contributed by atoms with Gasteiger partial charge in [0.05, 0.1) is 11.1 Å². The number of carbonyl (C=O) groups excluding carboxylic acids is 1. The quantitative estimate of drug-likeness (QED) is 0.867. The summed E-state index contributed by atoms with van der Waals surface area (Å²) < 4.78 is 41.8. The second-order valence-corrected chi connectivity index (χ2v) is 6.46. The van der Waals surface area contributed by atoms with Crippen LogP contribution in [0.1, 0.15) is 23.7 Å². The van der Waals surface area contributed by atoms with Crippen LogP contribution in [0.4, 0.5) is 12.6 Å². The number of hydrogen-bond acceptors (Lipinski definition) is 2. The van der Waals surface area contributed by atoms with E-state index in [0.717, 1.165) is 5.56 Å². The summed E-state index contributed by atoms with van der Waals surface area (Å²) in [5.74, 6) is -0.842. The number of aromatic nitrogens is 2. The van der Waals surface area contributed by atoms with Crippen LogP contribution in [0.5, 0.6) is 0 Å². The van der Waals surface area contributed by atoms with Gasteiger partial charge in [0.1, 0.15) is 5.65 Å². The first-order valence-corrected chi connectivity index (χ1v) is 7.66. The normalized spacial score (nSPS) is 14.9. The van der Waals surface area contributed by atoms with Crippen LogP contribution in [-0.2, 0) is 11.2 Å². The molecule has 2 heterocycles. The van der Waals surface area contributed by atoms with Crippen molar-refractivity contribution in [2.75, 3.05) is 0 Å². The fraction of sp³-hybridized carbons (Fsp3) is 0.231. The molecule has 0 aliphatic heterocycles. The number of aryl methyl sites for hydroxylation is 1. The highest BCUT2D eigenvalue weighted by Crippen LogP contribution is 2.64. The van der Waals surface area contributed by atoms with Crippen molar-refractivity contribution in [3.8, 4) is 0 Å². The molecule has 8 heteroatoms. The Labute approximate surface area is 119 Å². The molecule has 0 saturated heterocycles. The molecule has 2 aromatic rings. The van der Waals surface area contributed by atoms with E-state index in [1.165, 1.54) is 0 Å². The van der Waals surface area contributed by atoms with Gasteiger partial charge in [-0.3, -0.25) is 4.79 Å². The lowest BCUT2D eigenvalue weighted by molar-refractivity contribution is -0.112. The van der Waals surface area contributed by atoms with Crippen molar-refractivity contribution in [3.63, 3.8) is 0 Å². The molecule has 0 unspecified atom stereocenters. The van der Waals surface area contributed by atoms with Gasteiger partial charge in [0.25, 0.3) is 0 Å². The zero-order valence-corrected chi connectivity index (χ0v) is 12.2. The predicted molar refractivity (Wildman–Crippen MR) is 75.3 cm³/mol. The largest absolute Gasteiger partial charge is 0.620 e. The van der Waals surface area contributed by atoms with E-state index in [9.17, 15) is 17.4 Å². The van der Waals surface area contributed by atoms with Gasteiger partial charge in [0.15, 0.2) is 0 Å². The van der Waals surface area contributed by atoms with Gasteiger partial charge in [0, 0.05) is 30.9 Å². The van der Waals surface area contributed by atoms with Gasteiger partial charge in [-0.15, -0.1) is 0 Å². The fourth-order valence-corrected chi connectivity index (χ4v) is 3.51. The van der Waals surface area contributed by atoms with Gasteiger partial charge in [-0.05, 0) is 25.5 Å². The minimum absolute atomic E-state index is 0.0434. The van der Waals surface area contributed by atoms with Crippen LogP contribution in [-0.4, -0.2) is 15.3 Å². The Morgan fingerprint density at radius 1 is 1.38 bits per heavy atom. The summed E-state index contributed by atoms with van der Waals surface area (Å²) in [6.45, 7) is 3.41. The van der Waals surface area contributed by atoms with Gasteiger partial charge in [0.2, 0.25) is 5.91 Å². The zero-order chi connectivity index (χ0) is 15.5. The Balaban J connectivity index is 2.45. The number of primary amides is 1. The molecule has 1 aliphatic rings. The van der Waals surface area contributed by atoms with Gasteiger partial charge < -0.3 is 10.1 Å². The van der Waals surface area contributed by atoms with Crippen molar-refractivity contribution in [1.82, 2.24) is 9.38 Å². The van der Waals surface area contributed by atoms with Crippen LogP contribution in [0.15, 0.2) is 17.8 Å². The Hall–Kier alpha value is -1.88. The Kier molecular flexibility index (Phi) is 2.89. The van der Waals surface area contributed by atoms with Crippen molar-refractivity contribution >= 4 is 30.8 Å². The molecule has 0 aromatic carbocycles. The van der Waals surface area contributed by atoms with E-state index < -0.39 is 19.5 Å². The standard InChI is InChI=1S/C13H11F3N3OP/c1-6-3-9-18-13(21(14,15)16)11-8(19(9)5-6)4-7(2)10(11)12(17)20/h3,5H,4H2,1-2H3,(H-,17,20)/p+1. The first-order valence-electron chi connectivity index (χ1n) is 6.20. The highest BCUT2D eigenvalue weighted by molar-refractivity contribution is 7.68. The number of rotatable bonds is 2. The maximum atomic E-state index is 13.4. The van der Waals surface area contributed by atoms with Crippen LogP contribution >= 0.6 is 8.19 Å². The lowest BCUT2D eigenvalue weighted by Crippen LogP contribution is -2.22. The average molecular weight is 314 g/mol. The van der Waals surface area contributed by atoms with Crippen molar-refractivity contribution in [2.24, 2.45) is 5.73 Å². The number of fused-ring (bicyclic) bond motifs is 3. The maximum absolute atomic E-state index is 13.4. The van der Waals surface area contributed by atoms with Crippen molar-refractivity contribution in [3.05, 3.63) is 34.7 Å². The number of amides is 1. The summed E-state index contributed by atoms with van der Waals surface area (Å²) >= 11 is 0. The van der Waals surface area contributed by atoms with Crippen molar-refractivity contribution in [2.45, 2.75) is 20.3 Å². The van der Waals surface area contributed by atoms with Crippen molar-refractivity contribution < 1.29 is 17.4 Å². The summed E-state index contributed by atoms with van der Waals surface area (Å²) in [6.07, 6.45) is 1.99. The minimum atomic E-state index is -5.87. The van der Waals surface area contributed by atoms with Crippen LogP contribution < -0.4 is 11.2 Å². The van der Waals surface area contributed by atoms with Crippen LogP contribution in [0, 0.1) is 6.92 Å². The Morgan fingerprint density at radius 3 is 2.62 bits per heavy atom. The molecular formula is C13H12F3N3OP+. The molecule has 3 rings (SSSR count). The van der Waals surface area contributed by atoms with E-state index in [0.29, 0.717) is 11.3 Å². The van der Waals surface area contributed by atoms with E-state index in [2.05, 4.69) is 4.98 Å². The molecular weight excluding hydrogens is 302 g/mol. The molecule has 0 fully saturated rings. The Morgan fingerprint density at radius 2 is 2.05 bits per heavy atom. The second-order valence-electron chi connectivity index (χ2n) is 5.14. The molecule has 21 heavy (non-hydrogen) atoms. The third kappa shape index (κ3) is 2.03. The van der Waals surface area contributed by atoms with Crippen molar-refractivity contribution in [1.29, 1.82) is 0 Å². The van der Waals surface area contributed by atoms with Gasteiger partial charge >= 0.3 is 13.6 Å². The summed E-state index contributed by atoms with van der Waals surface area (Å²) in [5.41, 5.74) is 6.21. The number of carbonyl (C=O) groups is 1. The first kappa shape index (κ1) is 14.1. The number of nitrogens with two attached hydrogens (primary N) is 1. The highest BCUT2D eigenvalue weighted by atomic mass is 31.3. The van der Waals surface area contributed by atoms with Crippen LogP contribution in [0.3, 0.4) is 0 Å². The molecule has 1 aliphatic carbocycles. The van der Waals surface area contributed by atoms with Crippen LogP contribution in [0.2, 0.25) is 0 Å². The molecule has 0 saturated carbocycles. The molecule has 2 N–H and O–H groups in total. The molecule has 0 radical (unpaired) electrons. The number of halogens is 3. The maximum Gasteiger partial charge on any atom is 0.620 e. The molecule has 2 aromatic heterocycles. The first-order chi connectivity index (χ1) is 9.70. The fourth-order valence-electron chi connectivity index (χ4n) is 2.80. The summed E-state index contributed by atoms with van der Waals surface area (Å²) in [6, 6.07) is 1.59. The molecule has 1 amide bonds. The topological polar surface area (TPSA) is 60.4 Å². The monoisotopic (exact) mass is 314 g/mol. The summed E-state index contributed by atoms with van der Waals surface area (Å²) in [4.78, 5) is 15.3. The van der Waals surface area contributed by atoms with E-state index in [1.54, 1.807) is 30.5 Å². The second kappa shape index (κ2) is 4.31. The lowest BCUT2D eigenvalue weighted by Gasteiger charge is -2.08. The van der Waals surface area contributed by atoms with Crippen LogP contribution in [0.25, 0.3) is 11.2 Å². The molecule has 0 atom stereocenters. The van der Waals surface area contributed by atoms with Gasteiger partial charge in [-0.25, -0.2) is 0 Å². The van der Waals surface area contributed by atoms with E-state index in [1.807, 2.05) is 0 Å². The lowest BCUT2D eigenvalue weighted by atomic mass is 10.1. The predicted octanol–water partition coefficient (Wildman–Crippen LogP) is 2.75.